The molecular weight excluding hydrogens is 164 g/mol. The van der Waals surface area contributed by atoms with Gasteiger partial charge in [0.05, 0.1) is 0 Å². The molecule has 0 saturated carbocycles. The molecule has 0 fully saturated rings. The van der Waals surface area contributed by atoms with Gasteiger partial charge in [0.15, 0.2) is 0 Å². The van der Waals surface area contributed by atoms with Gasteiger partial charge in [-0.3, -0.25) is 4.72 Å². The molecule has 0 spiro atoms. The molecule has 1 N–H and O–H groups in total. The first-order chi connectivity index (χ1) is 5.20. The summed E-state index contributed by atoms with van der Waals surface area (Å²) in [5.41, 5.74) is 0.812. The lowest BCUT2D eigenvalue weighted by Gasteiger charge is -1.99. The molecule has 4 nitrogen and oxygen atoms in total. The van der Waals surface area contributed by atoms with Gasteiger partial charge in [-0.2, -0.15) is 0 Å². The van der Waals surface area contributed by atoms with Gasteiger partial charge in [-0.15, -0.1) is 0 Å². The largest absolute Gasteiger partial charge is 0.269 e. The molecule has 0 aliphatic rings. The van der Waals surface area contributed by atoms with E-state index in [1.54, 1.807) is 19.1 Å². The van der Waals surface area contributed by atoms with Crippen molar-refractivity contribution in [3.63, 3.8) is 0 Å². The van der Waals surface area contributed by atoms with E-state index in [2.05, 4.69) is 9.71 Å². The van der Waals surface area contributed by atoms with Gasteiger partial charge in [0.2, 0.25) is 10.9 Å². The Hall–Kier alpha value is -1.10. The Kier molecular flexibility index (Phi) is 2.43. The fourth-order valence-corrected chi connectivity index (χ4v) is 1.10. The Bertz CT molecular complexity index is 314. The number of nitrogens with zero attached hydrogens (tertiary/aromatic N) is 1. The number of thiol groups is 1. The zero-order valence-electron chi connectivity index (χ0n) is 5.94. The molecule has 5 heteroatoms. The van der Waals surface area contributed by atoms with Crippen LogP contribution in [0.1, 0.15) is 5.56 Å². The zero-order chi connectivity index (χ0) is 8.27. The molecule has 0 radical (unpaired) electrons. The first-order valence-electron chi connectivity index (χ1n) is 3.03. The second kappa shape index (κ2) is 3.34. The maximum atomic E-state index is 10.2. The van der Waals surface area contributed by atoms with Crippen LogP contribution < -0.4 is 4.72 Å². The minimum atomic E-state index is -2.61. The highest BCUT2D eigenvalue weighted by Crippen LogP contribution is 2.07. The van der Waals surface area contributed by atoms with Crippen molar-refractivity contribution in [2.75, 3.05) is 4.72 Å². The smallest absolute Gasteiger partial charge is 0.223 e. The number of nitrogens with one attached hydrogen (secondary N) is 1. The third kappa shape index (κ3) is 2.19. The van der Waals surface area contributed by atoms with Crippen molar-refractivity contribution < 1.29 is 8.42 Å². The predicted molar refractivity (Wildman–Crippen MR) is 42.9 cm³/mol. The summed E-state index contributed by atoms with van der Waals surface area (Å²) in [6, 6.07) is 3.53. The van der Waals surface area contributed by atoms with Gasteiger partial charge in [0.25, 0.3) is 0 Å². The molecule has 0 bridgehead atoms. The van der Waals surface area contributed by atoms with Gasteiger partial charge in [-0.25, -0.2) is 13.4 Å². The standard InChI is InChI=1S/C6H8N2O2S/c1-5-3-2-4-7-6(5)8-11(9)10/h2-4,11H,1H3,(H,7,8,9,10). The van der Waals surface area contributed by atoms with E-state index in [0.29, 0.717) is 5.82 Å². The van der Waals surface area contributed by atoms with Crippen LogP contribution in [0.5, 0.6) is 0 Å². The van der Waals surface area contributed by atoms with Gasteiger partial charge in [0.1, 0.15) is 5.82 Å². The molecule has 0 aliphatic heterocycles. The summed E-state index contributed by atoms with van der Waals surface area (Å²) < 4.78 is 22.6. The van der Waals surface area contributed by atoms with Crippen molar-refractivity contribution in [3.05, 3.63) is 23.9 Å². The predicted octanol–water partition coefficient (Wildman–Crippen LogP) is 0.328. The van der Waals surface area contributed by atoms with Crippen LogP contribution >= 0.6 is 0 Å². The summed E-state index contributed by atoms with van der Waals surface area (Å²) in [5, 5.41) is 0. The Morgan fingerprint density at radius 1 is 1.55 bits per heavy atom. The molecule has 0 unspecified atom stereocenters. The van der Waals surface area contributed by atoms with E-state index in [0.717, 1.165) is 5.56 Å². The van der Waals surface area contributed by atoms with Crippen LogP contribution in [0.15, 0.2) is 18.3 Å². The van der Waals surface area contributed by atoms with Gasteiger partial charge in [0, 0.05) is 6.20 Å². The highest BCUT2D eigenvalue weighted by atomic mass is 32.2. The SMILES string of the molecule is Cc1cccnc1N[SH](=O)=O. The van der Waals surface area contributed by atoms with Crippen molar-refractivity contribution >= 4 is 16.7 Å². The van der Waals surface area contributed by atoms with E-state index >= 15 is 0 Å². The van der Waals surface area contributed by atoms with E-state index < -0.39 is 10.9 Å². The number of hydrogen-bond donors (Lipinski definition) is 2. The van der Waals surface area contributed by atoms with E-state index in [4.69, 9.17) is 0 Å². The lowest BCUT2D eigenvalue weighted by molar-refractivity contribution is 0.618. The molecule has 11 heavy (non-hydrogen) atoms. The summed E-state index contributed by atoms with van der Waals surface area (Å²) in [6.07, 6.45) is 1.54. The molecule has 60 valence electrons. The number of aryl methyl sites for hydroxylation is 1. The van der Waals surface area contributed by atoms with Crippen LogP contribution in [0.4, 0.5) is 5.82 Å². The Balaban J connectivity index is 2.94. The average molecular weight is 172 g/mol. The Morgan fingerprint density at radius 2 is 2.27 bits per heavy atom. The topological polar surface area (TPSA) is 59.1 Å². The van der Waals surface area contributed by atoms with Gasteiger partial charge in [-0.1, -0.05) is 6.07 Å². The normalized spacial score (nSPS) is 10.0. The second-order valence-corrected chi connectivity index (χ2v) is 2.78. The first kappa shape index (κ1) is 8.00. The van der Waals surface area contributed by atoms with Crippen LogP contribution in [-0.4, -0.2) is 13.4 Å². The quantitative estimate of drug-likeness (QED) is 0.632. The maximum Gasteiger partial charge on any atom is 0.223 e. The maximum absolute atomic E-state index is 10.2. The summed E-state index contributed by atoms with van der Waals surface area (Å²) >= 11 is 0. The third-order valence-corrected chi connectivity index (χ3v) is 1.60. The molecule has 1 rings (SSSR count). The third-order valence-electron chi connectivity index (χ3n) is 1.21. The average Bonchev–Trinajstić information content (AvgIpc) is 1.93. The van der Waals surface area contributed by atoms with Crippen molar-refractivity contribution in [2.24, 2.45) is 0 Å². The fraction of sp³-hybridized carbons (Fsp3) is 0.167. The van der Waals surface area contributed by atoms with Crippen LogP contribution in [-0.2, 0) is 10.9 Å². The molecule has 0 aromatic carbocycles. The zero-order valence-corrected chi connectivity index (χ0v) is 6.84. The van der Waals surface area contributed by atoms with E-state index in [9.17, 15) is 8.42 Å². The van der Waals surface area contributed by atoms with Crippen LogP contribution in [0.3, 0.4) is 0 Å². The summed E-state index contributed by atoms with van der Waals surface area (Å²) in [6.45, 7) is 1.79. The summed E-state index contributed by atoms with van der Waals surface area (Å²) in [4.78, 5) is 3.82. The van der Waals surface area contributed by atoms with Crippen molar-refractivity contribution in [2.45, 2.75) is 6.92 Å². The fourth-order valence-electron chi connectivity index (χ4n) is 0.689. The van der Waals surface area contributed by atoms with E-state index in [1.165, 1.54) is 6.20 Å². The van der Waals surface area contributed by atoms with E-state index in [1.807, 2.05) is 0 Å². The number of anilines is 1. The molecule has 1 aromatic rings. The Labute approximate surface area is 66.4 Å². The number of pyridine rings is 1. The first-order valence-corrected chi connectivity index (χ1v) is 4.20. The molecular formula is C6H8N2O2S. The monoisotopic (exact) mass is 172 g/mol. The van der Waals surface area contributed by atoms with Crippen molar-refractivity contribution in [1.82, 2.24) is 4.98 Å². The van der Waals surface area contributed by atoms with Gasteiger partial charge in [-0.05, 0) is 18.6 Å². The number of aromatic nitrogens is 1. The molecule has 0 aliphatic carbocycles. The number of rotatable bonds is 2. The van der Waals surface area contributed by atoms with Crippen molar-refractivity contribution in [1.29, 1.82) is 0 Å². The highest BCUT2D eigenvalue weighted by Gasteiger charge is 1.95. The molecule has 0 atom stereocenters. The highest BCUT2D eigenvalue weighted by molar-refractivity contribution is 7.73. The minimum absolute atomic E-state index is 0.392. The minimum Gasteiger partial charge on any atom is -0.269 e. The molecule has 1 aromatic heterocycles. The second-order valence-electron chi connectivity index (χ2n) is 2.04. The van der Waals surface area contributed by atoms with Crippen LogP contribution in [0.2, 0.25) is 0 Å². The van der Waals surface area contributed by atoms with Gasteiger partial charge >= 0.3 is 0 Å². The van der Waals surface area contributed by atoms with Crippen LogP contribution in [0.25, 0.3) is 0 Å². The lowest BCUT2D eigenvalue weighted by atomic mass is 10.3. The van der Waals surface area contributed by atoms with Crippen LogP contribution in [0, 0.1) is 6.92 Å². The van der Waals surface area contributed by atoms with E-state index in [-0.39, 0.29) is 0 Å². The van der Waals surface area contributed by atoms with Gasteiger partial charge < -0.3 is 0 Å². The van der Waals surface area contributed by atoms with Crippen molar-refractivity contribution in [3.8, 4) is 0 Å². The Morgan fingerprint density at radius 3 is 2.82 bits per heavy atom. The molecule has 1 heterocycles. The summed E-state index contributed by atoms with van der Waals surface area (Å²) in [5.74, 6) is 0.392. The molecule has 0 saturated heterocycles. The lowest BCUT2D eigenvalue weighted by Crippen LogP contribution is -1.98. The number of hydrogen-bond acceptors (Lipinski definition) is 3. The molecule has 0 amide bonds. The summed E-state index contributed by atoms with van der Waals surface area (Å²) in [7, 11) is -2.61.